The maximum absolute atomic E-state index is 12.2. The van der Waals surface area contributed by atoms with Crippen LogP contribution in [0.1, 0.15) is 5.56 Å². The van der Waals surface area contributed by atoms with E-state index in [1.165, 1.54) is 12.5 Å². The minimum Gasteiger partial charge on any atom is -0.443 e. The fraction of sp³-hybridized carbons (Fsp3) is 0.133. The summed E-state index contributed by atoms with van der Waals surface area (Å²) in [5, 5.41) is 0.207. The number of rotatable bonds is 5. The third-order valence-electron chi connectivity index (χ3n) is 3.23. The van der Waals surface area contributed by atoms with E-state index in [1.807, 2.05) is 18.2 Å². The van der Waals surface area contributed by atoms with Crippen molar-refractivity contribution in [1.82, 2.24) is 9.71 Å². The first-order chi connectivity index (χ1) is 10.6. The highest BCUT2D eigenvalue weighted by atomic mass is 35.5. The van der Waals surface area contributed by atoms with Crippen molar-refractivity contribution in [2.24, 2.45) is 0 Å². The van der Waals surface area contributed by atoms with Crippen molar-refractivity contribution in [3.63, 3.8) is 0 Å². The monoisotopic (exact) mass is 336 g/mol. The van der Waals surface area contributed by atoms with Crippen LogP contribution >= 0.6 is 11.6 Å². The summed E-state index contributed by atoms with van der Waals surface area (Å²) in [6.07, 6.45) is 1.93. The average Bonchev–Trinajstić information content (AvgIpc) is 2.95. The molecule has 0 spiro atoms. The van der Waals surface area contributed by atoms with Crippen molar-refractivity contribution >= 4 is 32.7 Å². The van der Waals surface area contributed by atoms with Gasteiger partial charge in [-0.1, -0.05) is 29.8 Å². The molecule has 0 unspecified atom stereocenters. The van der Waals surface area contributed by atoms with Crippen LogP contribution in [-0.2, 0) is 16.4 Å². The number of halogens is 1. The van der Waals surface area contributed by atoms with Crippen LogP contribution in [0, 0.1) is 0 Å². The molecule has 0 aliphatic heterocycles. The standard InChI is InChI=1S/C15H13ClN2O3S/c16-12-3-1-2-4-15(12)22(19,20)18-8-7-11-5-6-14-13(9-11)17-10-21-14/h1-6,9-10,18H,7-8H2. The summed E-state index contributed by atoms with van der Waals surface area (Å²) in [5.41, 5.74) is 2.44. The molecule has 2 aromatic carbocycles. The van der Waals surface area contributed by atoms with E-state index < -0.39 is 10.0 Å². The Bertz CT molecular complexity index is 906. The van der Waals surface area contributed by atoms with Crippen molar-refractivity contribution in [2.75, 3.05) is 6.54 Å². The Balaban J connectivity index is 1.68. The summed E-state index contributed by atoms with van der Waals surface area (Å²) in [6, 6.07) is 11.9. The van der Waals surface area contributed by atoms with Crippen LogP contribution < -0.4 is 4.72 Å². The van der Waals surface area contributed by atoms with Crippen molar-refractivity contribution < 1.29 is 12.8 Å². The van der Waals surface area contributed by atoms with Crippen LogP contribution in [0.3, 0.4) is 0 Å². The van der Waals surface area contributed by atoms with Gasteiger partial charge in [-0.2, -0.15) is 0 Å². The minimum absolute atomic E-state index is 0.0867. The first-order valence-electron chi connectivity index (χ1n) is 6.62. The number of fused-ring (bicyclic) bond motifs is 1. The van der Waals surface area contributed by atoms with Crippen LogP contribution in [0.25, 0.3) is 11.1 Å². The fourth-order valence-corrected chi connectivity index (χ4v) is 3.68. The molecular weight excluding hydrogens is 324 g/mol. The van der Waals surface area contributed by atoms with Crippen molar-refractivity contribution in [3.05, 3.63) is 59.4 Å². The van der Waals surface area contributed by atoms with Gasteiger partial charge in [-0.3, -0.25) is 0 Å². The lowest BCUT2D eigenvalue weighted by molar-refractivity contribution is 0.581. The van der Waals surface area contributed by atoms with E-state index >= 15 is 0 Å². The Hall–Kier alpha value is -1.89. The van der Waals surface area contributed by atoms with Crippen molar-refractivity contribution in [1.29, 1.82) is 0 Å². The van der Waals surface area contributed by atoms with Crippen molar-refractivity contribution in [3.8, 4) is 0 Å². The lowest BCUT2D eigenvalue weighted by Crippen LogP contribution is -2.26. The van der Waals surface area contributed by atoms with E-state index in [1.54, 1.807) is 18.2 Å². The maximum Gasteiger partial charge on any atom is 0.242 e. The number of sulfonamides is 1. The van der Waals surface area contributed by atoms with Gasteiger partial charge in [0, 0.05) is 6.54 Å². The van der Waals surface area contributed by atoms with E-state index in [0.717, 1.165) is 11.1 Å². The summed E-state index contributed by atoms with van der Waals surface area (Å²) in [7, 11) is -3.61. The predicted octanol–water partition coefficient (Wildman–Crippen LogP) is 3.00. The molecule has 0 aliphatic carbocycles. The first-order valence-corrected chi connectivity index (χ1v) is 8.49. The van der Waals surface area contributed by atoms with Gasteiger partial charge in [0.25, 0.3) is 0 Å². The molecule has 0 aliphatic rings. The zero-order valence-corrected chi connectivity index (χ0v) is 13.1. The Morgan fingerprint density at radius 2 is 2.00 bits per heavy atom. The molecular formula is C15H13ClN2O3S. The molecule has 1 heterocycles. The van der Waals surface area contributed by atoms with E-state index in [9.17, 15) is 8.42 Å². The second-order valence-corrected chi connectivity index (χ2v) is 6.88. The normalized spacial score (nSPS) is 11.9. The quantitative estimate of drug-likeness (QED) is 0.777. The average molecular weight is 337 g/mol. The minimum atomic E-state index is -3.61. The zero-order chi connectivity index (χ0) is 15.6. The summed E-state index contributed by atoms with van der Waals surface area (Å²) in [6.45, 7) is 0.275. The Labute approximate surface area is 133 Å². The molecule has 0 radical (unpaired) electrons. The Morgan fingerprint density at radius 3 is 2.82 bits per heavy atom. The number of aromatic nitrogens is 1. The van der Waals surface area contributed by atoms with Crippen LogP contribution in [0.4, 0.5) is 0 Å². The van der Waals surface area contributed by atoms with Crippen LogP contribution in [0.2, 0.25) is 5.02 Å². The smallest absolute Gasteiger partial charge is 0.242 e. The highest BCUT2D eigenvalue weighted by Gasteiger charge is 2.16. The first kappa shape index (κ1) is 15.0. The molecule has 0 bridgehead atoms. The van der Waals surface area contributed by atoms with Crippen LogP contribution in [0.5, 0.6) is 0 Å². The summed E-state index contributed by atoms with van der Waals surface area (Å²) >= 11 is 5.92. The Morgan fingerprint density at radius 1 is 1.18 bits per heavy atom. The van der Waals surface area contributed by atoms with Crippen molar-refractivity contribution in [2.45, 2.75) is 11.3 Å². The lowest BCUT2D eigenvalue weighted by atomic mass is 10.1. The van der Waals surface area contributed by atoms with Crippen LogP contribution in [-0.4, -0.2) is 19.9 Å². The van der Waals surface area contributed by atoms with Gasteiger partial charge in [0.05, 0.1) is 5.02 Å². The van der Waals surface area contributed by atoms with Gasteiger partial charge in [-0.05, 0) is 36.2 Å². The summed E-state index contributed by atoms with van der Waals surface area (Å²) < 4.78 is 32.1. The summed E-state index contributed by atoms with van der Waals surface area (Å²) in [5.74, 6) is 0. The number of oxazole rings is 1. The topological polar surface area (TPSA) is 72.2 Å². The van der Waals surface area contributed by atoms with Gasteiger partial charge in [0.15, 0.2) is 12.0 Å². The molecule has 22 heavy (non-hydrogen) atoms. The van der Waals surface area contributed by atoms with E-state index in [4.69, 9.17) is 16.0 Å². The molecule has 3 rings (SSSR count). The van der Waals surface area contributed by atoms with Crippen LogP contribution in [0.15, 0.2) is 58.2 Å². The fourth-order valence-electron chi connectivity index (χ4n) is 2.13. The number of hydrogen-bond donors (Lipinski definition) is 1. The second-order valence-electron chi connectivity index (χ2n) is 4.73. The summed E-state index contributed by atoms with van der Waals surface area (Å²) in [4.78, 5) is 4.16. The van der Waals surface area contributed by atoms with Gasteiger partial charge in [0.1, 0.15) is 10.4 Å². The largest absolute Gasteiger partial charge is 0.443 e. The number of nitrogens with one attached hydrogen (secondary N) is 1. The third kappa shape index (κ3) is 3.14. The SMILES string of the molecule is O=S(=O)(NCCc1ccc2ocnc2c1)c1ccccc1Cl. The molecule has 3 aromatic rings. The highest BCUT2D eigenvalue weighted by molar-refractivity contribution is 7.89. The molecule has 0 saturated carbocycles. The molecule has 0 amide bonds. The predicted molar refractivity (Wildman–Crippen MR) is 84.4 cm³/mol. The molecule has 0 fully saturated rings. The zero-order valence-electron chi connectivity index (χ0n) is 11.5. The molecule has 5 nitrogen and oxygen atoms in total. The Kier molecular flexibility index (Phi) is 4.15. The molecule has 114 valence electrons. The van der Waals surface area contributed by atoms with Gasteiger partial charge >= 0.3 is 0 Å². The van der Waals surface area contributed by atoms with Gasteiger partial charge in [0.2, 0.25) is 10.0 Å². The van der Waals surface area contributed by atoms with Gasteiger partial charge in [-0.15, -0.1) is 0 Å². The number of nitrogens with zero attached hydrogens (tertiary/aromatic N) is 1. The molecule has 0 saturated heterocycles. The highest BCUT2D eigenvalue weighted by Crippen LogP contribution is 2.20. The molecule has 7 heteroatoms. The van der Waals surface area contributed by atoms with Gasteiger partial charge < -0.3 is 4.42 Å². The lowest BCUT2D eigenvalue weighted by Gasteiger charge is -2.08. The molecule has 1 N–H and O–H groups in total. The molecule has 0 atom stereocenters. The van der Waals surface area contributed by atoms with E-state index in [2.05, 4.69) is 9.71 Å². The van der Waals surface area contributed by atoms with E-state index in [-0.39, 0.29) is 16.5 Å². The number of hydrogen-bond acceptors (Lipinski definition) is 4. The van der Waals surface area contributed by atoms with E-state index in [0.29, 0.717) is 12.0 Å². The number of benzene rings is 2. The molecule has 1 aromatic heterocycles. The maximum atomic E-state index is 12.2. The van der Waals surface area contributed by atoms with Gasteiger partial charge in [-0.25, -0.2) is 18.1 Å². The second kappa shape index (κ2) is 6.08. The third-order valence-corrected chi connectivity index (χ3v) is 5.19.